The zero-order chi connectivity index (χ0) is 13.1. The number of rotatable bonds is 3. The summed E-state index contributed by atoms with van der Waals surface area (Å²) in [6.07, 6.45) is 0.222. The summed E-state index contributed by atoms with van der Waals surface area (Å²) in [5.41, 5.74) is 0.876. The van der Waals surface area contributed by atoms with Crippen molar-refractivity contribution in [3.63, 3.8) is 0 Å². The van der Waals surface area contributed by atoms with Crippen molar-refractivity contribution in [1.82, 2.24) is 0 Å². The topological polar surface area (TPSA) is 0 Å². The van der Waals surface area contributed by atoms with Crippen LogP contribution in [0.5, 0.6) is 0 Å². The van der Waals surface area contributed by atoms with Crippen LogP contribution in [-0.4, -0.2) is 0 Å². The summed E-state index contributed by atoms with van der Waals surface area (Å²) >= 11 is 6.08. The van der Waals surface area contributed by atoms with E-state index < -0.39 is 17.0 Å². The summed E-state index contributed by atoms with van der Waals surface area (Å²) < 4.78 is 39.2. The van der Waals surface area contributed by atoms with Crippen LogP contribution in [0.25, 0.3) is 0 Å². The average molecular weight is 271 g/mol. The minimum Gasteiger partial charge on any atom is -0.207 e. The van der Waals surface area contributed by atoms with Crippen LogP contribution in [0.3, 0.4) is 0 Å². The monoisotopic (exact) mass is 270 g/mol. The molecule has 1 atom stereocenters. The molecule has 0 spiro atoms. The van der Waals surface area contributed by atoms with Crippen molar-refractivity contribution in [3.8, 4) is 0 Å². The molecule has 18 heavy (non-hydrogen) atoms. The fourth-order valence-electron chi connectivity index (χ4n) is 1.68. The van der Waals surface area contributed by atoms with E-state index in [4.69, 9.17) is 11.6 Å². The Bertz CT molecular complexity index is 554. The van der Waals surface area contributed by atoms with Gasteiger partial charge in [-0.3, -0.25) is 0 Å². The Balaban J connectivity index is 2.19. The summed E-state index contributed by atoms with van der Waals surface area (Å²) in [6.45, 7) is 0. The molecular formula is C14H10ClF3. The molecule has 0 bridgehead atoms. The quantitative estimate of drug-likeness (QED) is 0.714. The van der Waals surface area contributed by atoms with Crippen molar-refractivity contribution in [1.29, 1.82) is 0 Å². The first-order valence-corrected chi connectivity index (χ1v) is 5.84. The van der Waals surface area contributed by atoms with Gasteiger partial charge in [0.1, 0.15) is 5.82 Å². The van der Waals surface area contributed by atoms with E-state index in [0.29, 0.717) is 11.1 Å². The largest absolute Gasteiger partial charge is 0.207 e. The molecule has 0 aromatic heterocycles. The minimum atomic E-state index is -0.952. The van der Waals surface area contributed by atoms with Crippen LogP contribution in [0.4, 0.5) is 13.2 Å². The normalized spacial score (nSPS) is 12.4. The van der Waals surface area contributed by atoms with Gasteiger partial charge in [-0.05, 0) is 35.7 Å². The number of hydrogen-bond donors (Lipinski definition) is 0. The van der Waals surface area contributed by atoms with Crippen molar-refractivity contribution in [2.75, 3.05) is 0 Å². The van der Waals surface area contributed by atoms with Crippen LogP contribution < -0.4 is 0 Å². The second-order valence-corrected chi connectivity index (χ2v) is 4.46. The van der Waals surface area contributed by atoms with Crippen LogP contribution in [0.2, 0.25) is 0 Å². The SMILES string of the molecule is Fc1ccc(C(Cl)Cc2ccccc2F)cc1F. The summed E-state index contributed by atoms with van der Waals surface area (Å²) in [4.78, 5) is 0. The number of alkyl halides is 1. The standard InChI is InChI=1S/C14H10ClF3/c15-11(7-10-3-1-2-4-12(10)16)9-5-6-13(17)14(18)8-9/h1-6,8,11H,7H2. The van der Waals surface area contributed by atoms with Crippen LogP contribution in [0.15, 0.2) is 42.5 Å². The third kappa shape index (κ3) is 2.85. The van der Waals surface area contributed by atoms with E-state index in [9.17, 15) is 13.2 Å². The zero-order valence-corrected chi connectivity index (χ0v) is 10.1. The molecule has 0 aliphatic carbocycles. The summed E-state index contributed by atoms with van der Waals surface area (Å²) in [5.74, 6) is -2.23. The molecule has 0 N–H and O–H groups in total. The van der Waals surface area contributed by atoms with Crippen LogP contribution in [0, 0.1) is 17.5 Å². The van der Waals surface area contributed by atoms with Crippen LogP contribution in [-0.2, 0) is 6.42 Å². The van der Waals surface area contributed by atoms with Crippen molar-refractivity contribution in [3.05, 3.63) is 71.0 Å². The molecule has 2 rings (SSSR count). The van der Waals surface area contributed by atoms with E-state index in [1.807, 2.05) is 0 Å². The van der Waals surface area contributed by atoms with E-state index >= 15 is 0 Å². The van der Waals surface area contributed by atoms with Gasteiger partial charge in [-0.15, -0.1) is 11.6 Å². The van der Waals surface area contributed by atoms with Gasteiger partial charge in [-0.1, -0.05) is 24.3 Å². The number of benzene rings is 2. The third-order valence-electron chi connectivity index (χ3n) is 2.66. The lowest BCUT2D eigenvalue weighted by atomic mass is 10.0. The van der Waals surface area contributed by atoms with E-state index in [1.165, 1.54) is 12.1 Å². The van der Waals surface area contributed by atoms with Crippen molar-refractivity contribution < 1.29 is 13.2 Å². The predicted molar refractivity (Wildman–Crippen MR) is 65.1 cm³/mol. The lowest BCUT2D eigenvalue weighted by Gasteiger charge is -2.11. The molecule has 2 aromatic rings. The number of hydrogen-bond acceptors (Lipinski definition) is 0. The lowest BCUT2D eigenvalue weighted by Crippen LogP contribution is -1.99. The third-order valence-corrected chi connectivity index (χ3v) is 3.07. The molecule has 0 saturated carbocycles. The van der Waals surface area contributed by atoms with Gasteiger partial charge in [0.25, 0.3) is 0 Å². The molecule has 94 valence electrons. The van der Waals surface area contributed by atoms with E-state index in [1.54, 1.807) is 18.2 Å². The van der Waals surface area contributed by atoms with Crippen LogP contribution in [0.1, 0.15) is 16.5 Å². The Labute approximate surface area is 108 Å². The maximum absolute atomic E-state index is 13.4. The molecule has 0 saturated heterocycles. The molecule has 0 radical (unpaired) electrons. The molecule has 2 aromatic carbocycles. The van der Waals surface area contributed by atoms with Gasteiger partial charge in [0.2, 0.25) is 0 Å². The van der Waals surface area contributed by atoms with Crippen molar-refractivity contribution in [2.45, 2.75) is 11.8 Å². The van der Waals surface area contributed by atoms with Gasteiger partial charge in [-0.2, -0.15) is 0 Å². The first kappa shape index (κ1) is 13.0. The van der Waals surface area contributed by atoms with E-state index in [2.05, 4.69) is 0 Å². The first-order chi connectivity index (χ1) is 8.58. The van der Waals surface area contributed by atoms with Gasteiger partial charge < -0.3 is 0 Å². The zero-order valence-electron chi connectivity index (χ0n) is 9.34. The van der Waals surface area contributed by atoms with Gasteiger partial charge in [0, 0.05) is 0 Å². The van der Waals surface area contributed by atoms with Gasteiger partial charge in [-0.25, -0.2) is 13.2 Å². The molecule has 0 aliphatic rings. The fourth-order valence-corrected chi connectivity index (χ4v) is 1.98. The predicted octanol–water partition coefficient (Wildman–Crippen LogP) is 4.63. The minimum absolute atomic E-state index is 0.222. The smallest absolute Gasteiger partial charge is 0.159 e. The van der Waals surface area contributed by atoms with E-state index in [0.717, 1.165) is 12.1 Å². The Hall–Kier alpha value is -1.48. The second-order valence-electron chi connectivity index (χ2n) is 3.94. The maximum Gasteiger partial charge on any atom is 0.159 e. The molecule has 0 heterocycles. The highest BCUT2D eigenvalue weighted by molar-refractivity contribution is 6.20. The molecule has 0 amide bonds. The van der Waals surface area contributed by atoms with Gasteiger partial charge >= 0.3 is 0 Å². The highest BCUT2D eigenvalue weighted by Crippen LogP contribution is 2.27. The summed E-state index contributed by atoms with van der Waals surface area (Å²) in [7, 11) is 0. The van der Waals surface area contributed by atoms with Crippen molar-refractivity contribution >= 4 is 11.6 Å². The highest BCUT2D eigenvalue weighted by atomic mass is 35.5. The fraction of sp³-hybridized carbons (Fsp3) is 0.143. The van der Waals surface area contributed by atoms with Crippen LogP contribution >= 0.6 is 11.6 Å². The molecule has 1 unspecified atom stereocenters. The molecule has 0 aliphatic heterocycles. The lowest BCUT2D eigenvalue weighted by molar-refractivity contribution is 0.506. The summed E-state index contributed by atoms with van der Waals surface area (Å²) in [6, 6.07) is 9.69. The maximum atomic E-state index is 13.4. The Morgan fingerprint density at radius 3 is 2.28 bits per heavy atom. The van der Waals surface area contributed by atoms with E-state index in [-0.39, 0.29) is 12.2 Å². The molecule has 0 nitrogen and oxygen atoms in total. The Kier molecular flexibility index (Phi) is 3.92. The average Bonchev–Trinajstić information content (AvgIpc) is 2.35. The first-order valence-electron chi connectivity index (χ1n) is 5.40. The van der Waals surface area contributed by atoms with Crippen molar-refractivity contribution in [2.24, 2.45) is 0 Å². The Morgan fingerprint density at radius 1 is 0.889 bits per heavy atom. The number of halogens is 4. The molecule has 4 heteroatoms. The Morgan fingerprint density at radius 2 is 1.61 bits per heavy atom. The molecular weight excluding hydrogens is 261 g/mol. The van der Waals surface area contributed by atoms with Gasteiger partial charge in [0.05, 0.1) is 5.38 Å². The molecule has 0 fully saturated rings. The summed E-state index contributed by atoms with van der Waals surface area (Å²) in [5, 5.41) is -0.600. The van der Waals surface area contributed by atoms with Gasteiger partial charge in [0.15, 0.2) is 11.6 Å². The second kappa shape index (κ2) is 5.44. The highest BCUT2D eigenvalue weighted by Gasteiger charge is 2.13.